The molecule has 2 amide bonds. The van der Waals surface area contributed by atoms with Crippen molar-refractivity contribution in [2.45, 2.75) is 12.5 Å². The predicted octanol–water partition coefficient (Wildman–Crippen LogP) is 3.32. The van der Waals surface area contributed by atoms with Crippen molar-refractivity contribution in [2.24, 2.45) is 0 Å². The lowest BCUT2D eigenvalue weighted by Gasteiger charge is -2.39. The Balaban J connectivity index is 2.09. The van der Waals surface area contributed by atoms with E-state index in [4.69, 9.17) is 0 Å². The molecule has 0 bridgehead atoms. The van der Waals surface area contributed by atoms with Gasteiger partial charge in [0.15, 0.2) is 0 Å². The van der Waals surface area contributed by atoms with Crippen molar-refractivity contribution in [3.8, 4) is 0 Å². The summed E-state index contributed by atoms with van der Waals surface area (Å²) in [6, 6.07) is 18.8. The molecule has 2 aromatic rings. The normalized spacial score (nSPS) is 17.2. The molecular formula is C18H20N2O. The van der Waals surface area contributed by atoms with E-state index in [1.165, 1.54) is 16.7 Å². The third kappa shape index (κ3) is 2.51. The van der Waals surface area contributed by atoms with Gasteiger partial charge in [-0.3, -0.25) is 0 Å². The molecular weight excluding hydrogens is 260 g/mol. The molecule has 1 aliphatic rings. The number of nitrogens with zero attached hydrogens (tertiary/aromatic N) is 2. The molecule has 0 aliphatic carbocycles. The highest BCUT2D eigenvalue weighted by molar-refractivity contribution is 5.75. The number of carbonyl (C=O) groups excluding carboxylic acids is 1. The number of urea groups is 1. The Morgan fingerprint density at radius 2 is 1.71 bits per heavy atom. The molecule has 1 aliphatic heterocycles. The van der Waals surface area contributed by atoms with Crippen molar-refractivity contribution in [3.63, 3.8) is 0 Å². The van der Waals surface area contributed by atoms with E-state index in [0.29, 0.717) is 0 Å². The molecule has 0 saturated heterocycles. The summed E-state index contributed by atoms with van der Waals surface area (Å²) in [4.78, 5) is 16.2. The number of hydrogen-bond donors (Lipinski definition) is 0. The van der Waals surface area contributed by atoms with Gasteiger partial charge in [-0.1, -0.05) is 54.6 Å². The Hall–Kier alpha value is -2.29. The smallest absolute Gasteiger partial charge is 0.320 e. The van der Waals surface area contributed by atoms with Gasteiger partial charge in [0.2, 0.25) is 0 Å². The van der Waals surface area contributed by atoms with Crippen LogP contribution in [0.15, 0.2) is 54.6 Å². The number of amides is 2. The van der Waals surface area contributed by atoms with Gasteiger partial charge in [0.05, 0.1) is 6.04 Å². The Morgan fingerprint density at radius 1 is 1.05 bits per heavy atom. The predicted molar refractivity (Wildman–Crippen MR) is 84.2 cm³/mol. The van der Waals surface area contributed by atoms with Crippen LogP contribution >= 0.6 is 0 Å². The van der Waals surface area contributed by atoms with Crippen molar-refractivity contribution in [2.75, 3.05) is 20.6 Å². The van der Waals surface area contributed by atoms with E-state index >= 15 is 0 Å². The van der Waals surface area contributed by atoms with Crippen LogP contribution < -0.4 is 0 Å². The van der Waals surface area contributed by atoms with Crippen LogP contribution in [0.3, 0.4) is 0 Å². The van der Waals surface area contributed by atoms with Gasteiger partial charge in [-0.25, -0.2) is 4.79 Å². The van der Waals surface area contributed by atoms with Crippen LogP contribution in [0.5, 0.6) is 0 Å². The van der Waals surface area contributed by atoms with Crippen LogP contribution in [0.4, 0.5) is 4.79 Å². The highest BCUT2D eigenvalue weighted by atomic mass is 16.2. The molecule has 1 unspecified atom stereocenters. The summed E-state index contributed by atoms with van der Waals surface area (Å²) in [6.07, 6.45) is 0.916. The third-order valence-corrected chi connectivity index (χ3v) is 4.03. The fourth-order valence-electron chi connectivity index (χ4n) is 3.02. The third-order valence-electron chi connectivity index (χ3n) is 4.03. The molecule has 0 saturated carbocycles. The maximum absolute atomic E-state index is 12.5. The lowest BCUT2D eigenvalue weighted by molar-refractivity contribution is 0.154. The highest BCUT2D eigenvalue weighted by Gasteiger charge is 2.32. The highest BCUT2D eigenvalue weighted by Crippen LogP contribution is 2.35. The lowest BCUT2D eigenvalue weighted by Crippen LogP contribution is -2.45. The van der Waals surface area contributed by atoms with E-state index < -0.39 is 0 Å². The van der Waals surface area contributed by atoms with Crippen molar-refractivity contribution in [3.05, 3.63) is 71.3 Å². The first-order valence-electron chi connectivity index (χ1n) is 7.29. The summed E-state index contributed by atoms with van der Waals surface area (Å²) in [6.45, 7) is 0.758. The Morgan fingerprint density at radius 3 is 2.43 bits per heavy atom. The number of rotatable bonds is 1. The minimum absolute atomic E-state index is 0.00560. The quantitative estimate of drug-likeness (QED) is 0.786. The summed E-state index contributed by atoms with van der Waals surface area (Å²) in [5.41, 5.74) is 3.75. The van der Waals surface area contributed by atoms with Gasteiger partial charge in [0.1, 0.15) is 0 Å². The molecule has 2 aromatic carbocycles. The van der Waals surface area contributed by atoms with Crippen molar-refractivity contribution in [1.82, 2.24) is 9.80 Å². The monoisotopic (exact) mass is 280 g/mol. The fourth-order valence-corrected chi connectivity index (χ4v) is 3.02. The number of fused-ring (bicyclic) bond motifs is 1. The lowest BCUT2D eigenvalue weighted by atomic mass is 9.88. The molecule has 3 heteroatoms. The fraction of sp³-hybridized carbons (Fsp3) is 0.278. The first-order valence-corrected chi connectivity index (χ1v) is 7.29. The molecule has 0 fully saturated rings. The van der Waals surface area contributed by atoms with Crippen LogP contribution in [0, 0.1) is 0 Å². The average molecular weight is 280 g/mol. The molecule has 1 heterocycles. The van der Waals surface area contributed by atoms with E-state index in [1.807, 2.05) is 37.2 Å². The summed E-state index contributed by atoms with van der Waals surface area (Å²) in [5, 5.41) is 0. The SMILES string of the molecule is CN(C)C(=O)N1CCc2ccccc2C1c1ccccc1. The van der Waals surface area contributed by atoms with Gasteiger partial charge in [0, 0.05) is 20.6 Å². The van der Waals surface area contributed by atoms with E-state index in [2.05, 4.69) is 36.4 Å². The van der Waals surface area contributed by atoms with Crippen molar-refractivity contribution >= 4 is 6.03 Å². The van der Waals surface area contributed by atoms with Gasteiger partial charge in [0.25, 0.3) is 0 Å². The Kier molecular flexibility index (Phi) is 3.65. The molecule has 1 atom stereocenters. The van der Waals surface area contributed by atoms with Crippen LogP contribution in [0.25, 0.3) is 0 Å². The van der Waals surface area contributed by atoms with Gasteiger partial charge in [-0.05, 0) is 23.1 Å². The zero-order valence-electron chi connectivity index (χ0n) is 12.5. The summed E-state index contributed by atoms with van der Waals surface area (Å²) in [7, 11) is 3.62. The largest absolute Gasteiger partial charge is 0.331 e. The van der Waals surface area contributed by atoms with Gasteiger partial charge in [-0.2, -0.15) is 0 Å². The first kappa shape index (κ1) is 13.7. The molecule has 0 aromatic heterocycles. The van der Waals surface area contributed by atoms with E-state index in [9.17, 15) is 4.79 Å². The zero-order chi connectivity index (χ0) is 14.8. The van der Waals surface area contributed by atoms with Crippen molar-refractivity contribution in [1.29, 1.82) is 0 Å². The van der Waals surface area contributed by atoms with E-state index in [-0.39, 0.29) is 12.1 Å². The number of hydrogen-bond acceptors (Lipinski definition) is 1. The summed E-state index contributed by atoms with van der Waals surface area (Å²) in [5.74, 6) is 0. The molecule has 0 N–H and O–H groups in total. The minimum atomic E-state index is 0.00560. The number of carbonyl (C=O) groups is 1. The topological polar surface area (TPSA) is 23.6 Å². The molecule has 0 spiro atoms. The second-order valence-electron chi connectivity index (χ2n) is 5.63. The van der Waals surface area contributed by atoms with E-state index in [1.54, 1.807) is 4.90 Å². The minimum Gasteiger partial charge on any atom is -0.331 e. The second kappa shape index (κ2) is 5.60. The van der Waals surface area contributed by atoms with Gasteiger partial charge in [-0.15, -0.1) is 0 Å². The molecule has 3 rings (SSSR count). The van der Waals surface area contributed by atoms with Crippen LogP contribution in [0.1, 0.15) is 22.7 Å². The molecule has 21 heavy (non-hydrogen) atoms. The molecule has 0 radical (unpaired) electrons. The van der Waals surface area contributed by atoms with Crippen LogP contribution in [-0.4, -0.2) is 36.5 Å². The first-order chi connectivity index (χ1) is 10.2. The Labute approximate surface area is 125 Å². The maximum Gasteiger partial charge on any atom is 0.320 e. The zero-order valence-corrected chi connectivity index (χ0v) is 12.5. The Bertz CT molecular complexity index is 637. The second-order valence-corrected chi connectivity index (χ2v) is 5.63. The van der Waals surface area contributed by atoms with Crippen molar-refractivity contribution < 1.29 is 4.79 Å². The molecule has 108 valence electrons. The average Bonchev–Trinajstić information content (AvgIpc) is 2.53. The summed E-state index contributed by atoms with van der Waals surface area (Å²) < 4.78 is 0. The summed E-state index contributed by atoms with van der Waals surface area (Å²) >= 11 is 0. The van der Waals surface area contributed by atoms with Gasteiger partial charge >= 0.3 is 6.03 Å². The van der Waals surface area contributed by atoms with Crippen LogP contribution in [0.2, 0.25) is 0 Å². The standard InChI is InChI=1S/C18H20N2O/c1-19(2)18(21)20-13-12-14-8-6-7-11-16(14)17(20)15-9-4-3-5-10-15/h3-11,17H,12-13H2,1-2H3. The number of benzene rings is 2. The maximum atomic E-state index is 12.5. The van der Waals surface area contributed by atoms with Gasteiger partial charge < -0.3 is 9.80 Å². The van der Waals surface area contributed by atoms with E-state index in [0.717, 1.165) is 13.0 Å². The van der Waals surface area contributed by atoms with Crippen LogP contribution in [-0.2, 0) is 6.42 Å². The molecule has 3 nitrogen and oxygen atoms in total.